The minimum atomic E-state index is -4.44. The fourth-order valence-corrected chi connectivity index (χ4v) is 5.15. The molecule has 0 bridgehead atoms. The molecule has 3 heterocycles. The minimum Gasteiger partial charge on any atom is -0.371 e. The summed E-state index contributed by atoms with van der Waals surface area (Å²) in [6.07, 6.45) is 4.23. The van der Waals surface area contributed by atoms with Crippen LogP contribution < -0.4 is 5.32 Å². The molecular formula is C23H27F3N4O3. The van der Waals surface area contributed by atoms with E-state index >= 15 is 0 Å². The summed E-state index contributed by atoms with van der Waals surface area (Å²) in [7, 11) is 0. The summed E-state index contributed by atoms with van der Waals surface area (Å²) < 4.78 is 51.9. The minimum absolute atomic E-state index is 0.129. The maximum atomic E-state index is 12.7. The first kappa shape index (κ1) is 22.3. The van der Waals surface area contributed by atoms with E-state index < -0.39 is 17.6 Å². The summed E-state index contributed by atoms with van der Waals surface area (Å²) in [5.41, 5.74) is 0.348. The van der Waals surface area contributed by atoms with Crippen LogP contribution in [0.25, 0.3) is 0 Å². The molecule has 10 heteroatoms. The molecule has 7 nitrogen and oxygen atoms in total. The van der Waals surface area contributed by atoms with Gasteiger partial charge in [-0.1, -0.05) is 37.3 Å². The van der Waals surface area contributed by atoms with Gasteiger partial charge >= 0.3 is 6.18 Å². The summed E-state index contributed by atoms with van der Waals surface area (Å²) >= 11 is 0. The van der Waals surface area contributed by atoms with Crippen molar-refractivity contribution < 1.29 is 27.4 Å². The lowest BCUT2D eigenvalue weighted by Gasteiger charge is -2.20. The van der Waals surface area contributed by atoms with Gasteiger partial charge in [-0.15, -0.1) is 5.10 Å². The Morgan fingerprint density at radius 2 is 1.79 bits per heavy atom. The highest BCUT2D eigenvalue weighted by Gasteiger charge is 2.49. The molecule has 2 saturated heterocycles. The van der Waals surface area contributed by atoms with Gasteiger partial charge in [0.25, 0.3) is 5.91 Å². The third-order valence-electron chi connectivity index (χ3n) is 6.94. The van der Waals surface area contributed by atoms with E-state index in [4.69, 9.17) is 9.47 Å². The summed E-state index contributed by atoms with van der Waals surface area (Å²) in [6.45, 7) is 0.663. The average molecular weight is 464 g/mol. The second-order valence-corrected chi connectivity index (χ2v) is 9.22. The van der Waals surface area contributed by atoms with E-state index in [-0.39, 0.29) is 36.5 Å². The van der Waals surface area contributed by atoms with E-state index in [1.54, 1.807) is 0 Å². The lowest BCUT2D eigenvalue weighted by atomic mass is 9.86. The molecule has 2 aliphatic heterocycles. The molecule has 1 aliphatic carbocycles. The summed E-state index contributed by atoms with van der Waals surface area (Å²) in [6, 6.07) is 3.64. The number of amides is 1. The zero-order valence-electron chi connectivity index (χ0n) is 18.1. The van der Waals surface area contributed by atoms with E-state index in [9.17, 15) is 18.0 Å². The number of carbonyl (C=O) groups is 1. The van der Waals surface area contributed by atoms with Crippen LogP contribution in [0.5, 0.6) is 0 Å². The van der Waals surface area contributed by atoms with Crippen molar-refractivity contribution in [2.24, 2.45) is 5.92 Å². The molecule has 33 heavy (non-hydrogen) atoms. The molecule has 3 fully saturated rings. The van der Waals surface area contributed by atoms with Crippen LogP contribution in [0.1, 0.15) is 59.8 Å². The molecule has 1 saturated carbocycles. The Labute approximate surface area is 189 Å². The summed E-state index contributed by atoms with van der Waals surface area (Å²) in [5.74, 6) is 0.213. The SMILES string of the molecule is O=C(NC1COC2C1OCC2n1cc(CC2CCCCC2)nn1)c1ccc(C(F)(F)F)cc1. The predicted octanol–water partition coefficient (Wildman–Crippen LogP) is 3.56. The first-order valence-electron chi connectivity index (χ1n) is 11.5. The van der Waals surface area contributed by atoms with Gasteiger partial charge in [0.05, 0.1) is 30.5 Å². The van der Waals surface area contributed by atoms with Crippen LogP contribution in [0.15, 0.2) is 30.5 Å². The van der Waals surface area contributed by atoms with Crippen LogP contribution in [0.4, 0.5) is 13.2 Å². The zero-order valence-corrected chi connectivity index (χ0v) is 18.1. The van der Waals surface area contributed by atoms with Crippen LogP contribution in [0.3, 0.4) is 0 Å². The van der Waals surface area contributed by atoms with Crippen molar-refractivity contribution in [2.45, 2.75) is 69.0 Å². The van der Waals surface area contributed by atoms with Crippen LogP contribution in [-0.2, 0) is 22.1 Å². The van der Waals surface area contributed by atoms with Crippen molar-refractivity contribution in [1.29, 1.82) is 0 Å². The average Bonchev–Trinajstić information content (AvgIpc) is 3.52. The molecule has 3 aliphatic rings. The van der Waals surface area contributed by atoms with Gasteiger partial charge in [-0.25, -0.2) is 4.68 Å². The van der Waals surface area contributed by atoms with Crippen molar-refractivity contribution in [3.63, 3.8) is 0 Å². The van der Waals surface area contributed by atoms with Crippen LogP contribution >= 0.6 is 0 Å². The molecule has 1 amide bonds. The maximum Gasteiger partial charge on any atom is 0.416 e. The number of hydrogen-bond donors (Lipinski definition) is 1. The number of fused-ring (bicyclic) bond motifs is 1. The molecule has 4 unspecified atom stereocenters. The molecule has 178 valence electrons. The highest BCUT2D eigenvalue weighted by atomic mass is 19.4. The van der Waals surface area contributed by atoms with Gasteiger partial charge in [0, 0.05) is 11.8 Å². The Morgan fingerprint density at radius 3 is 2.52 bits per heavy atom. The molecule has 5 rings (SSSR count). The fraction of sp³-hybridized carbons (Fsp3) is 0.609. The van der Waals surface area contributed by atoms with Gasteiger partial charge in [0.2, 0.25) is 0 Å². The molecule has 0 spiro atoms. The molecular weight excluding hydrogens is 437 g/mol. The molecule has 1 aromatic heterocycles. The third kappa shape index (κ3) is 4.77. The van der Waals surface area contributed by atoms with Gasteiger partial charge < -0.3 is 14.8 Å². The number of alkyl halides is 3. The van der Waals surface area contributed by atoms with E-state index in [0.29, 0.717) is 12.5 Å². The van der Waals surface area contributed by atoms with Crippen LogP contribution in [-0.4, -0.2) is 52.4 Å². The predicted molar refractivity (Wildman–Crippen MR) is 112 cm³/mol. The number of aromatic nitrogens is 3. The van der Waals surface area contributed by atoms with E-state index in [1.807, 2.05) is 10.9 Å². The quantitative estimate of drug-likeness (QED) is 0.732. The molecule has 1 aromatic carbocycles. The van der Waals surface area contributed by atoms with Crippen LogP contribution in [0.2, 0.25) is 0 Å². The number of halogens is 3. The molecule has 0 radical (unpaired) electrons. The normalized spacial score (nSPS) is 28.1. The van der Waals surface area contributed by atoms with Gasteiger partial charge in [-0.05, 0) is 36.6 Å². The van der Waals surface area contributed by atoms with Crippen molar-refractivity contribution in [3.8, 4) is 0 Å². The highest BCUT2D eigenvalue weighted by Crippen LogP contribution is 2.35. The van der Waals surface area contributed by atoms with Gasteiger partial charge in [0.1, 0.15) is 18.2 Å². The Balaban J connectivity index is 1.19. The fourth-order valence-electron chi connectivity index (χ4n) is 5.15. The second-order valence-electron chi connectivity index (χ2n) is 9.22. The largest absolute Gasteiger partial charge is 0.416 e. The van der Waals surface area contributed by atoms with Crippen molar-refractivity contribution in [1.82, 2.24) is 20.3 Å². The number of hydrogen-bond acceptors (Lipinski definition) is 5. The van der Waals surface area contributed by atoms with Crippen molar-refractivity contribution >= 4 is 5.91 Å². The molecule has 1 N–H and O–H groups in total. The maximum absolute atomic E-state index is 12.7. The number of benzene rings is 1. The van der Waals surface area contributed by atoms with E-state index in [2.05, 4.69) is 15.6 Å². The van der Waals surface area contributed by atoms with Gasteiger partial charge in [-0.3, -0.25) is 4.79 Å². The smallest absolute Gasteiger partial charge is 0.371 e. The first-order chi connectivity index (χ1) is 15.9. The Kier molecular flexibility index (Phi) is 6.13. The Morgan fingerprint density at radius 1 is 1.06 bits per heavy atom. The number of ether oxygens (including phenoxy) is 2. The number of rotatable bonds is 5. The standard InChI is InChI=1S/C23H27F3N4O3/c24-23(25,26)16-8-6-15(7-9-16)22(31)27-18-12-32-21-19(13-33-20(18)21)30-11-17(28-29-30)10-14-4-2-1-3-5-14/h6-9,11,14,18-21H,1-5,10,12-13H2,(H,27,31). The van der Waals surface area contributed by atoms with Crippen molar-refractivity contribution in [2.75, 3.05) is 13.2 Å². The zero-order chi connectivity index (χ0) is 23.0. The lowest BCUT2D eigenvalue weighted by molar-refractivity contribution is -0.137. The Bertz CT molecular complexity index is 972. The molecule has 4 atom stereocenters. The Hall–Kier alpha value is -2.46. The van der Waals surface area contributed by atoms with Gasteiger partial charge in [0.15, 0.2) is 0 Å². The molecule has 2 aromatic rings. The summed E-state index contributed by atoms with van der Waals surface area (Å²) in [5, 5.41) is 11.5. The number of nitrogens with one attached hydrogen (secondary N) is 1. The van der Waals surface area contributed by atoms with Crippen LogP contribution in [0, 0.1) is 5.92 Å². The van der Waals surface area contributed by atoms with Crippen molar-refractivity contribution in [3.05, 3.63) is 47.3 Å². The lowest BCUT2D eigenvalue weighted by Crippen LogP contribution is -2.44. The second kappa shape index (κ2) is 9.06. The summed E-state index contributed by atoms with van der Waals surface area (Å²) in [4.78, 5) is 12.6. The monoisotopic (exact) mass is 464 g/mol. The van der Waals surface area contributed by atoms with E-state index in [1.165, 1.54) is 44.2 Å². The number of nitrogens with zero attached hydrogens (tertiary/aromatic N) is 3. The third-order valence-corrected chi connectivity index (χ3v) is 6.94. The highest BCUT2D eigenvalue weighted by molar-refractivity contribution is 5.94. The topological polar surface area (TPSA) is 78.3 Å². The van der Waals surface area contributed by atoms with E-state index in [0.717, 1.165) is 24.2 Å². The van der Waals surface area contributed by atoms with Gasteiger partial charge in [-0.2, -0.15) is 13.2 Å². The first-order valence-corrected chi connectivity index (χ1v) is 11.5. The number of carbonyl (C=O) groups excluding carboxylic acids is 1.